The largest absolute Gasteiger partial charge is 0.409 e. The van der Waals surface area contributed by atoms with Crippen LogP contribution in [0.25, 0.3) is 0 Å². The van der Waals surface area contributed by atoms with Gasteiger partial charge in [-0.1, -0.05) is 16.8 Å². The fraction of sp³-hybridized carbons (Fsp3) is 0.500. The minimum atomic E-state index is 0.117. The predicted molar refractivity (Wildman–Crippen MR) is 82.9 cm³/mol. The van der Waals surface area contributed by atoms with Crippen LogP contribution in [0.3, 0.4) is 0 Å². The first-order valence-electron chi connectivity index (χ1n) is 6.71. The van der Waals surface area contributed by atoms with E-state index in [-0.39, 0.29) is 5.84 Å². The maximum atomic E-state index is 8.90. The van der Waals surface area contributed by atoms with Gasteiger partial charge in [-0.3, -0.25) is 0 Å². The Balaban J connectivity index is 2.23. The Morgan fingerprint density at radius 2 is 2.05 bits per heavy atom. The van der Waals surface area contributed by atoms with Crippen molar-refractivity contribution in [3.63, 3.8) is 0 Å². The molecule has 1 aromatic rings. The van der Waals surface area contributed by atoms with E-state index in [1.165, 1.54) is 0 Å². The van der Waals surface area contributed by atoms with Crippen molar-refractivity contribution in [2.24, 2.45) is 10.9 Å². The molecule has 0 aliphatic carbocycles. The number of halogens is 1. The molecule has 0 saturated carbocycles. The summed E-state index contributed by atoms with van der Waals surface area (Å²) in [5.41, 5.74) is 7.41. The Bertz CT molecular complexity index is 496. The number of hydrogen-bond acceptors (Lipinski definition) is 4. The summed E-state index contributed by atoms with van der Waals surface area (Å²) in [6.07, 6.45) is 2.18. The molecule has 1 aromatic carbocycles. The first kappa shape index (κ1) is 14.9. The van der Waals surface area contributed by atoms with Crippen molar-refractivity contribution in [1.29, 1.82) is 0 Å². The Labute approximate surface area is 124 Å². The zero-order valence-corrected chi connectivity index (χ0v) is 12.6. The molecule has 2 rings (SSSR count). The highest BCUT2D eigenvalue weighted by molar-refractivity contribution is 6.31. The lowest BCUT2D eigenvalue weighted by molar-refractivity contribution is 0.249. The van der Waals surface area contributed by atoms with Gasteiger partial charge in [-0.15, -0.1) is 0 Å². The van der Waals surface area contributed by atoms with Gasteiger partial charge in [0.25, 0.3) is 0 Å². The summed E-state index contributed by atoms with van der Waals surface area (Å²) in [4.78, 5) is 4.51. The summed E-state index contributed by atoms with van der Waals surface area (Å²) in [7, 11) is 4.23. The number of nitrogens with zero attached hydrogens (tertiary/aromatic N) is 3. The number of amidine groups is 1. The standard InChI is InChI=1S/C14H21ClN4O/c1-18(2)11-5-7-19(8-6-11)13-9-10(15)3-4-12(13)14(16)17-20/h3-4,9,11,20H,5-8H2,1-2H3,(H2,16,17). The molecule has 20 heavy (non-hydrogen) atoms. The molecular weight excluding hydrogens is 276 g/mol. The Hall–Kier alpha value is -1.46. The smallest absolute Gasteiger partial charge is 0.172 e. The van der Waals surface area contributed by atoms with Gasteiger partial charge in [0.1, 0.15) is 0 Å². The fourth-order valence-electron chi connectivity index (χ4n) is 2.66. The van der Waals surface area contributed by atoms with E-state index in [2.05, 4.69) is 29.1 Å². The normalized spacial score (nSPS) is 17.8. The predicted octanol–water partition coefficient (Wildman–Crippen LogP) is 1.96. The first-order valence-corrected chi connectivity index (χ1v) is 7.09. The van der Waals surface area contributed by atoms with Crippen LogP contribution in [0.5, 0.6) is 0 Å². The van der Waals surface area contributed by atoms with E-state index in [1.54, 1.807) is 12.1 Å². The van der Waals surface area contributed by atoms with Gasteiger partial charge in [-0.05, 0) is 45.1 Å². The number of rotatable bonds is 3. The van der Waals surface area contributed by atoms with Crippen molar-refractivity contribution in [2.75, 3.05) is 32.1 Å². The molecule has 0 spiro atoms. The van der Waals surface area contributed by atoms with E-state index < -0.39 is 0 Å². The molecule has 1 aliphatic rings. The highest BCUT2D eigenvalue weighted by Crippen LogP contribution is 2.28. The minimum absolute atomic E-state index is 0.117. The molecule has 1 saturated heterocycles. The second kappa shape index (κ2) is 6.33. The van der Waals surface area contributed by atoms with Gasteiger partial charge in [-0.25, -0.2) is 0 Å². The lowest BCUT2D eigenvalue weighted by atomic mass is 10.0. The van der Waals surface area contributed by atoms with Crippen LogP contribution >= 0.6 is 11.6 Å². The van der Waals surface area contributed by atoms with Crippen LogP contribution in [-0.2, 0) is 0 Å². The highest BCUT2D eigenvalue weighted by Gasteiger charge is 2.23. The fourth-order valence-corrected chi connectivity index (χ4v) is 2.83. The first-order chi connectivity index (χ1) is 9.52. The van der Waals surface area contributed by atoms with E-state index >= 15 is 0 Å². The molecule has 1 aliphatic heterocycles. The molecule has 0 radical (unpaired) electrons. The number of piperidine rings is 1. The molecule has 0 aromatic heterocycles. The minimum Gasteiger partial charge on any atom is -0.409 e. The number of nitrogens with two attached hydrogens (primary N) is 1. The summed E-state index contributed by atoms with van der Waals surface area (Å²) in [5.74, 6) is 0.117. The molecule has 110 valence electrons. The van der Waals surface area contributed by atoms with Crippen molar-refractivity contribution in [3.05, 3.63) is 28.8 Å². The van der Waals surface area contributed by atoms with Crippen molar-refractivity contribution in [1.82, 2.24) is 4.90 Å². The second-order valence-electron chi connectivity index (χ2n) is 5.33. The average Bonchev–Trinajstić information content (AvgIpc) is 2.46. The maximum Gasteiger partial charge on any atom is 0.172 e. The van der Waals surface area contributed by atoms with Gasteiger partial charge in [0.15, 0.2) is 5.84 Å². The third-order valence-corrected chi connectivity index (χ3v) is 4.11. The van der Waals surface area contributed by atoms with Crippen molar-refractivity contribution >= 4 is 23.1 Å². The molecule has 5 nitrogen and oxygen atoms in total. The van der Waals surface area contributed by atoms with Crippen LogP contribution in [0.4, 0.5) is 5.69 Å². The van der Waals surface area contributed by atoms with Gasteiger partial charge in [0, 0.05) is 35.4 Å². The summed E-state index contributed by atoms with van der Waals surface area (Å²) in [6.45, 7) is 1.88. The summed E-state index contributed by atoms with van der Waals surface area (Å²) < 4.78 is 0. The lowest BCUT2D eigenvalue weighted by Crippen LogP contribution is -2.42. The molecular formula is C14H21ClN4O. The van der Waals surface area contributed by atoms with Gasteiger partial charge in [0.05, 0.1) is 0 Å². The Kier molecular flexibility index (Phi) is 4.73. The molecule has 0 unspecified atom stereocenters. The molecule has 6 heteroatoms. The SMILES string of the molecule is CN(C)C1CCN(c2cc(Cl)ccc2C(N)=NO)CC1. The quantitative estimate of drug-likeness (QED) is 0.387. The second-order valence-corrected chi connectivity index (χ2v) is 5.76. The topological polar surface area (TPSA) is 65.1 Å². The van der Waals surface area contributed by atoms with E-state index in [1.807, 2.05) is 6.07 Å². The van der Waals surface area contributed by atoms with Crippen LogP contribution < -0.4 is 10.6 Å². The van der Waals surface area contributed by atoms with E-state index in [0.29, 0.717) is 11.1 Å². The molecule has 0 amide bonds. The van der Waals surface area contributed by atoms with Crippen molar-refractivity contribution < 1.29 is 5.21 Å². The summed E-state index contributed by atoms with van der Waals surface area (Å²) >= 11 is 6.08. The Morgan fingerprint density at radius 3 is 2.60 bits per heavy atom. The maximum absolute atomic E-state index is 8.90. The van der Waals surface area contributed by atoms with Gasteiger partial charge in [0.2, 0.25) is 0 Å². The molecule has 0 atom stereocenters. The highest BCUT2D eigenvalue weighted by atomic mass is 35.5. The van der Waals surface area contributed by atoms with E-state index in [0.717, 1.165) is 37.2 Å². The van der Waals surface area contributed by atoms with Gasteiger partial charge in [-0.2, -0.15) is 0 Å². The number of oxime groups is 1. The molecule has 0 bridgehead atoms. The van der Waals surface area contributed by atoms with Crippen LogP contribution in [0.15, 0.2) is 23.4 Å². The third kappa shape index (κ3) is 3.16. The van der Waals surface area contributed by atoms with Gasteiger partial charge < -0.3 is 20.7 Å². The average molecular weight is 297 g/mol. The van der Waals surface area contributed by atoms with E-state index in [4.69, 9.17) is 22.5 Å². The zero-order valence-electron chi connectivity index (χ0n) is 11.9. The van der Waals surface area contributed by atoms with Crippen molar-refractivity contribution in [2.45, 2.75) is 18.9 Å². The van der Waals surface area contributed by atoms with Gasteiger partial charge >= 0.3 is 0 Å². The van der Waals surface area contributed by atoms with Crippen molar-refractivity contribution in [3.8, 4) is 0 Å². The number of anilines is 1. The molecule has 3 N–H and O–H groups in total. The summed E-state index contributed by atoms with van der Waals surface area (Å²) in [6, 6.07) is 6.04. The van der Waals surface area contributed by atoms with Crippen LogP contribution in [-0.4, -0.2) is 49.2 Å². The number of hydrogen-bond donors (Lipinski definition) is 2. The van der Waals surface area contributed by atoms with E-state index in [9.17, 15) is 0 Å². The van der Waals surface area contributed by atoms with Crippen LogP contribution in [0, 0.1) is 0 Å². The third-order valence-electron chi connectivity index (χ3n) is 3.88. The monoisotopic (exact) mass is 296 g/mol. The zero-order chi connectivity index (χ0) is 14.7. The Morgan fingerprint density at radius 1 is 1.40 bits per heavy atom. The molecule has 1 heterocycles. The molecule has 1 fully saturated rings. The van der Waals surface area contributed by atoms with Crippen LogP contribution in [0.2, 0.25) is 5.02 Å². The summed E-state index contributed by atoms with van der Waals surface area (Å²) in [5, 5.41) is 12.7. The van der Waals surface area contributed by atoms with Crippen LogP contribution in [0.1, 0.15) is 18.4 Å². The lowest BCUT2D eigenvalue weighted by Gasteiger charge is -2.37. The number of benzene rings is 1.